The molecule has 0 spiro atoms. The SMILES string of the molecule is CC(C)NCC(C)Oc1cccc(F)c1F. The third-order valence-electron chi connectivity index (χ3n) is 2.06. The lowest BCUT2D eigenvalue weighted by molar-refractivity contribution is 0.202. The molecular formula is C12H17F2NO. The molecule has 0 heterocycles. The highest BCUT2D eigenvalue weighted by Gasteiger charge is 2.11. The van der Waals surface area contributed by atoms with Gasteiger partial charge in [-0.15, -0.1) is 0 Å². The monoisotopic (exact) mass is 229 g/mol. The first-order valence-corrected chi connectivity index (χ1v) is 5.34. The maximum Gasteiger partial charge on any atom is 0.200 e. The van der Waals surface area contributed by atoms with E-state index in [4.69, 9.17) is 4.74 Å². The van der Waals surface area contributed by atoms with Gasteiger partial charge in [0.25, 0.3) is 0 Å². The van der Waals surface area contributed by atoms with Crippen molar-refractivity contribution in [3.63, 3.8) is 0 Å². The number of rotatable bonds is 5. The van der Waals surface area contributed by atoms with Crippen molar-refractivity contribution >= 4 is 0 Å². The van der Waals surface area contributed by atoms with Crippen molar-refractivity contribution < 1.29 is 13.5 Å². The van der Waals surface area contributed by atoms with Crippen LogP contribution in [0.3, 0.4) is 0 Å². The zero-order valence-corrected chi connectivity index (χ0v) is 9.76. The van der Waals surface area contributed by atoms with Gasteiger partial charge in [0.1, 0.15) is 6.10 Å². The molecule has 0 amide bonds. The van der Waals surface area contributed by atoms with Crippen LogP contribution in [0.5, 0.6) is 5.75 Å². The summed E-state index contributed by atoms with van der Waals surface area (Å²) in [5, 5.41) is 3.16. The molecule has 1 atom stereocenters. The Labute approximate surface area is 94.6 Å². The molecule has 0 aliphatic rings. The summed E-state index contributed by atoms with van der Waals surface area (Å²) in [5.41, 5.74) is 0. The molecule has 1 rings (SSSR count). The topological polar surface area (TPSA) is 21.3 Å². The summed E-state index contributed by atoms with van der Waals surface area (Å²) in [6.45, 7) is 6.42. The highest BCUT2D eigenvalue weighted by molar-refractivity contribution is 5.25. The summed E-state index contributed by atoms with van der Waals surface area (Å²) < 4.78 is 31.4. The summed E-state index contributed by atoms with van der Waals surface area (Å²) in [6, 6.07) is 4.25. The first-order chi connectivity index (χ1) is 7.50. The highest BCUT2D eigenvalue weighted by atomic mass is 19.2. The Morgan fingerprint density at radius 3 is 2.56 bits per heavy atom. The largest absolute Gasteiger partial charge is 0.486 e. The van der Waals surface area contributed by atoms with Gasteiger partial charge in [-0.05, 0) is 19.1 Å². The molecule has 1 aromatic carbocycles. The molecule has 0 saturated carbocycles. The fourth-order valence-electron chi connectivity index (χ4n) is 1.24. The predicted octanol–water partition coefficient (Wildman–Crippen LogP) is 2.73. The van der Waals surface area contributed by atoms with Gasteiger partial charge in [0.15, 0.2) is 11.6 Å². The Balaban J connectivity index is 2.56. The van der Waals surface area contributed by atoms with Gasteiger partial charge >= 0.3 is 0 Å². The third-order valence-corrected chi connectivity index (χ3v) is 2.06. The number of ether oxygens (including phenoxy) is 1. The Kier molecular flexibility index (Phi) is 4.68. The van der Waals surface area contributed by atoms with Crippen molar-refractivity contribution in [3.8, 4) is 5.75 Å². The minimum atomic E-state index is -0.932. The minimum Gasteiger partial charge on any atom is -0.486 e. The van der Waals surface area contributed by atoms with Gasteiger partial charge in [-0.2, -0.15) is 4.39 Å². The maximum absolute atomic E-state index is 13.2. The van der Waals surface area contributed by atoms with E-state index >= 15 is 0 Å². The average Bonchev–Trinajstić information content (AvgIpc) is 2.22. The summed E-state index contributed by atoms with van der Waals surface area (Å²) in [6.07, 6.45) is -0.210. The molecule has 90 valence electrons. The van der Waals surface area contributed by atoms with E-state index in [1.165, 1.54) is 12.1 Å². The van der Waals surface area contributed by atoms with Gasteiger partial charge in [-0.25, -0.2) is 4.39 Å². The zero-order chi connectivity index (χ0) is 12.1. The summed E-state index contributed by atoms with van der Waals surface area (Å²) >= 11 is 0. The van der Waals surface area contributed by atoms with Crippen molar-refractivity contribution in [1.29, 1.82) is 0 Å². The van der Waals surface area contributed by atoms with E-state index in [-0.39, 0.29) is 11.9 Å². The molecule has 16 heavy (non-hydrogen) atoms. The maximum atomic E-state index is 13.2. The standard InChI is InChI=1S/C12H17F2NO/c1-8(2)15-7-9(3)16-11-6-4-5-10(13)12(11)14/h4-6,8-9,15H,7H2,1-3H3. The number of nitrogens with one attached hydrogen (secondary N) is 1. The average molecular weight is 229 g/mol. The molecule has 0 aliphatic heterocycles. The molecule has 0 saturated heterocycles. The minimum absolute atomic E-state index is 0.0435. The number of hydrogen-bond acceptors (Lipinski definition) is 2. The molecule has 2 nitrogen and oxygen atoms in total. The highest BCUT2D eigenvalue weighted by Crippen LogP contribution is 2.20. The van der Waals surface area contributed by atoms with Crippen LogP contribution in [0.15, 0.2) is 18.2 Å². The Bertz CT molecular complexity index is 342. The van der Waals surface area contributed by atoms with Crippen LogP contribution in [0.25, 0.3) is 0 Å². The van der Waals surface area contributed by atoms with Crippen LogP contribution in [-0.2, 0) is 0 Å². The number of benzene rings is 1. The van der Waals surface area contributed by atoms with Gasteiger partial charge in [0.2, 0.25) is 5.82 Å². The van der Waals surface area contributed by atoms with E-state index in [1.54, 1.807) is 6.92 Å². The van der Waals surface area contributed by atoms with Crippen LogP contribution in [0, 0.1) is 11.6 Å². The quantitative estimate of drug-likeness (QED) is 0.838. The lowest BCUT2D eigenvalue weighted by atomic mass is 10.3. The molecular weight excluding hydrogens is 212 g/mol. The first kappa shape index (κ1) is 12.9. The normalized spacial score (nSPS) is 12.9. The molecule has 1 unspecified atom stereocenters. The Hall–Kier alpha value is -1.16. The van der Waals surface area contributed by atoms with E-state index in [2.05, 4.69) is 5.32 Å². The summed E-state index contributed by atoms with van der Waals surface area (Å²) in [4.78, 5) is 0. The lowest BCUT2D eigenvalue weighted by Crippen LogP contribution is -2.33. The molecule has 1 N–H and O–H groups in total. The van der Waals surface area contributed by atoms with Gasteiger partial charge in [0, 0.05) is 12.6 Å². The molecule has 0 bridgehead atoms. The van der Waals surface area contributed by atoms with Crippen LogP contribution >= 0.6 is 0 Å². The van der Waals surface area contributed by atoms with Gasteiger partial charge in [-0.1, -0.05) is 19.9 Å². The fraction of sp³-hybridized carbons (Fsp3) is 0.500. The fourth-order valence-corrected chi connectivity index (χ4v) is 1.24. The van der Waals surface area contributed by atoms with Gasteiger partial charge in [0.05, 0.1) is 0 Å². The van der Waals surface area contributed by atoms with Gasteiger partial charge < -0.3 is 10.1 Å². The zero-order valence-electron chi connectivity index (χ0n) is 9.76. The lowest BCUT2D eigenvalue weighted by Gasteiger charge is -2.17. The molecule has 0 aliphatic carbocycles. The van der Waals surface area contributed by atoms with Crippen LogP contribution in [0.2, 0.25) is 0 Å². The summed E-state index contributed by atoms with van der Waals surface area (Å²) in [5.74, 6) is -1.86. The van der Waals surface area contributed by atoms with E-state index in [0.717, 1.165) is 6.07 Å². The van der Waals surface area contributed by atoms with Crippen molar-refractivity contribution in [2.45, 2.75) is 32.9 Å². The first-order valence-electron chi connectivity index (χ1n) is 5.34. The van der Waals surface area contributed by atoms with E-state index in [9.17, 15) is 8.78 Å². The molecule has 0 fully saturated rings. The van der Waals surface area contributed by atoms with E-state index in [1.807, 2.05) is 13.8 Å². The Morgan fingerprint density at radius 1 is 1.25 bits per heavy atom. The van der Waals surface area contributed by atoms with Gasteiger partial charge in [-0.3, -0.25) is 0 Å². The second kappa shape index (κ2) is 5.80. The van der Waals surface area contributed by atoms with Crippen molar-refractivity contribution in [2.24, 2.45) is 0 Å². The van der Waals surface area contributed by atoms with Crippen molar-refractivity contribution in [1.82, 2.24) is 5.32 Å². The smallest absolute Gasteiger partial charge is 0.200 e. The predicted molar refractivity (Wildman–Crippen MR) is 59.6 cm³/mol. The summed E-state index contributed by atoms with van der Waals surface area (Å²) in [7, 11) is 0. The van der Waals surface area contributed by atoms with Crippen molar-refractivity contribution in [2.75, 3.05) is 6.54 Å². The molecule has 4 heteroatoms. The van der Waals surface area contributed by atoms with Crippen molar-refractivity contribution in [3.05, 3.63) is 29.8 Å². The molecule has 0 aromatic heterocycles. The number of halogens is 2. The molecule has 1 aromatic rings. The second-order valence-electron chi connectivity index (χ2n) is 4.04. The van der Waals surface area contributed by atoms with E-state index in [0.29, 0.717) is 12.6 Å². The van der Waals surface area contributed by atoms with Crippen LogP contribution in [0.1, 0.15) is 20.8 Å². The number of hydrogen-bond donors (Lipinski definition) is 1. The van der Waals surface area contributed by atoms with E-state index < -0.39 is 11.6 Å². The van der Waals surface area contributed by atoms with Crippen LogP contribution < -0.4 is 10.1 Å². The third kappa shape index (κ3) is 3.77. The second-order valence-corrected chi connectivity index (χ2v) is 4.04. The Morgan fingerprint density at radius 2 is 1.94 bits per heavy atom. The molecule has 0 radical (unpaired) electrons. The van der Waals surface area contributed by atoms with Crippen LogP contribution in [0.4, 0.5) is 8.78 Å². The van der Waals surface area contributed by atoms with Crippen LogP contribution in [-0.4, -0.2) is 18.7 Å².